The molecule has 0 aromatic carbocycles. The van der Waals surface area contributed by atoms with Crippen LogP contribution in [-0.2, 0) is 14.3 Å². The zero-order valence-corrected chi connectivity index (χ0v) is 15.1. The number of hydrogen-bond donors (Lipinski definition) is 0. The highest BCUT2D eigenvalue weighted by molar-refractivity contribution is 5.75. The van der Waals surface area contributed by atoms with Crippen LogP contribution in [0.5, 0.6) is 0 Å². The number of rotatable bonds is 3. The molecule has 0 bridgehead atoms. The van der Waals surface area contributed by atoms with E-state index in [-0.39, 0.29) is 24.0 Å². The van der Waals surface area contributed by atoms with Gasteiger partial charge < -0.3 is 19.2 Å². The Morgan fingerprint density at radius 3 is 2.57 bits per heavy atom. The first-order valence-electron chi connectivity index (χ1n) is 8.82. The molecule has 2 heterocycles. The van der Waals surface area contributed by atoms with E-state index in [9.17, 15) is 9.59 Å². The molecule has 2 fully saturated rings. The lowest BCUT2D eigenvalue weighted by atomic mass is 9.87. The van der Waals surface area contributed by atoms with Crippen molar-refractivity contribution in [2.24, 2.45) is 11.8 Å². The summed E-state index contributed by atoms with van der Waals surface area (Å²) in [5.74, 6) is 0.917. The lowest BCUT2D eigenvalue weighted by Crippen LogP contribution is -2.42. The molecule has 0 aromatic rings. The second-order valence-corrected chi connectivity index (χ2v) is 8.00. The number of likely N-dealkylation sites (tertiary alicyclic amines) is 1. The summed E-state index contributed by atoms with van der Waals surface area (Å²) in [6.45, 7) is 10.8. The van der Waals surface area contributed by atoms with Gasteiger partial charge in [-0.25, -0.2) is 4.79 Å². The predicted molar refractivity (Wildman–Crippen MR) is 88.3 cm³/mol. The fourth-order valence-electron chi connectivity index (χ4n) is 3.93. The molecule has 0 radical (unpaired) electrons. The minimum absolute atomic E-state index is 0.0736. The number of Topliss-reactive ketones (excluding diaryl/α,β-unsaturated/α-hetero) is 1. The molecule has 5 nitrogen and oxygen atoms in total. The zero-order valence-electron chi connectivity index (χ0n) is 15.1. The van der Waals surface area contributed by atoms with Crippen molar-refractivity contribution >= 4 is 11.9 Å². The van der Waals surface area contributed by atoms with Crippen molar-refractivity contribution in [3.8, 4) is 0 Å². The number of carbonyl (C=O) groups is 2. The van der Waals surface area contributed by atoms with Gasteiger partial charge in [0.15, 0.2) is 0 Å². The maximum absolute atomic E-state index is 12.5. The number of nitrogens with zero attached hydrogens (tertiary/aromatic N) is 1. The van der Waals surface area contributed by atoms with E-state index in [0.29, 0.717) is 31.4 Å². The van der Waals surface area contributed by atoms with E-state index in [1.165, 1.54) is 0 Å². The SMILES string of the molecule is CC[C@@H]1[C@@H]2OCC[C@@H](CC(C)=O)C[C@H]2CN1C(=O)OC(C)(C)C. The average Bonchev–Trinajstić information content (AvgIpc) is 2.63. The largest absolute Gasteiger partial charge is 0.444 e. The summed E-state index contributed by atoms with van der Waals surface area (Å²) < 4.78 is 11.7. The van der Waals surface area contributed by atoms with Gasteiger partial charge in [-0.2, -0.15) is 0 Å². The molecule has 0 saturated carbocycles. The van der Waals surface area contributed by atoms with Gasteiger partial charge in [-0.3, -0.25) is 0 Å². The highest BCUT2D eigenvalue weighted by Crippen LogP contribution is 2.37. The van der Waals surface area contributed by atoms with E-state index >= 15 is 0 Å². The molecule has 0 unspecified atom stereocenters. The minimum atomic E-state index is -0.488. The molecule has 23 heavy (non-hydrogen) atoms. The molecule has 0 spiro atoms. The topological polar surface area (TPSA) is 55.8 Å². The average molecular weight is 325 g/mol. The van der Waals surface area contributed by atoms with Crippen LogP contribution in [0, 0.1) is 11.8 Å². The molecule has 132 valence electrons. The number of ketones is 1. The molecule has 0 aliphatic carbocycles. The van der Waals surface area contributed by atoms with Crippen molar-refractivity contribution in [1.29, 1.82) is 0 Å². The van der Waals surface area contributed by atoms with Crippen LogP contribution in [-0.4, -0.2) is 47.7 Å². The van der Waals surface area contributed by atoms with Gasteiger partial charge in [-0.15, -0.1) is 0 Å². The summed E-state index contributed by atoms with van der Waals surface area (Å²) in [6, 6.07) is 0.0749. The van der Waals surface area contributed by atoms with Gasteiger partial charge in [0.05, 0.1) is 12.1 Å². The van der Waals surface area contributed by atoms with Crippen LogP contribution in [0.15, 0.2) is 0 Å². The highest BCUT2D eigenvalue weighted by atomic mass is 16.6. The highest BCUT2D eigenvalue weighted by Gasteiger charge is 2.46. The molecule has 2 aliphatic heterocycles. The maximum Gasteiger partial charge on any atom is 0.410 e. The summed E-state index contributed by atoms with van der Waals surface area (Å²) in [4.78, 5) is 25.8. The van der Waals surface area contributed by atoms with Gasteiger partial charge in [0.2, 0.25) is 0 Å². The summed E-state index contributed by atoms with van der Waals surface area (Å²) in [5.41, 5.74) is -0.488. The van der Waals surface area contributed by atoms with Crippen LogP contribution in [0.3, 0.4) is 0 Å². The second kappa shape index (κ2) is 7.20. The van der Waals surface area contributed by atoms with E-state index in [2.05, 4.69) is 6.92 Å². The van der Waals surface area contributed by atoms with Crippen molar-refractivity contribution in [3.05, 3.63) is 0 Å². The number of carbonyl (C=O) groups excluding carboxylic acids is 2. The molecule has 2 rings (SSSR count). The summed E-state index contributed by atoms with van der Waals surface area (Å²) in [7, 11) is 0. The smallest absolute Gasteiger partial charge is 0.410 e. The van der Waals surface area contributed by atoms with Crippen LogP contribution in [0.4, 0.5) is 4.79 Å². The number of amides is 1. The lowest BCUT2D eigenvalue weighted by Gasteiger charge is -2.29. The Hall–Kier alpha value is -1.10. The minimum Gasteiger partial charge on any atom is -0.444 e. The monoisotopic (exact) mass is 325 g/mol. The van der Waals surface area contributed by atoms with Crippen LogP contribution in [0.1, 0.15) is 60.3 Å². The van der Waals surface area contributed by atoms with Crippen molar-refractivity contribution in [2.45, 2.75) is 78.0 Å². The van der Waals surface area contributed by atoms with Gasteiger partial charge >= 0.3 is 6.09 Å². The quantitative estimate of drug-likeness (QED) is 0.798. The molecule has 0 N–H and O–H groups in total. The maximum atomic E-state index is 12.5. The second-order valence-electron chi connectivity index (χ2n) is 8.00. The van der Waals surface area contributed by atoms with Crippen LogP contribution in [0.2, 0.25) is 0 Å². The lowest BCUT2D eigenvalue weighted by molar-refractivity contribution is -0.118. The van der Waals surface area contributed by atoms with E-state index in [1.54, 1.807) is 6.92 Å². The molecule has 1 amide bonds. The Bertz CT molecular complexity index is 443. The number of hydrogen-bond acceptors (Lipinski definition) is 4. The first-order chi connectivity index (χ1) is 10.7. The molecule has 2 aliphatic rings. The van der Waals surface area contributed by atoms with Crippen molar-refractivity contribution in [1.82, 2.24) is 4.90 Å². The Morgan fingerprint density at radius 2 is 2.00 bits per heavy atom. The molecule has 2 saturated heterocycles. The van der Waals surface area contributed by atoms with Gasteiger partial charge in [0.1, 0.15) is 11.4 Å². The molecule has 0 aromatic heterocycles. The molecule has 4 atom stereocenters. The Morgan fingerprint density at radius 1 is 1.30 bits per heavy atom. The Labute approximate surface area is 139 Å². The fourth-order valence-corrected chi connectivity index (χ4v) is 3.93. The molecular weight excluding hydrogens is 294 g/mol. The van der Waals surface area contributed by atoms with Crippen molar-refractivity contribution in [3.63, 3.8) is 0 Å². The third-order valence-corrected chi connectivity index (χ3v) is 4.77. The molecule has 5 heteroatoms. The van der Waals surface area contributed by atoms with E-state index in [0.717, 1.165) is 19.3 Å². The zero-order chi connectivity index (χ0) is 17.2. The van der Waals surface area contributed by atoms with Gasteiger partial charge in [0, 0.05) is 25.5 Å². The number of ether oxygens (including phenoxy) is 2. The Balaban J connectivity index is 2.08. The summed E-state index contributed by atoms with van der Waals surface area (Å²) in [6.07, 6.45) is 3.21. The molecular formula is C18H31NO4. The Kier molecular flexibility index (Phi) is 5.71. The first-order valence-corrected chi connectivity index (χ1v) is 8.82. The van der Waals surface area contributed by atoms with Gasteiger partial charge in [-0.05, 0) is 52.9 Å². The summed E-state index contributed by atoms with van der Waals surface area (Å²) >= 11 is 0. The predicted octanol–water partition coefficient (Wildman–Crippen LogP) is 3.41. The standard InChI is InChI=1S/C18H31NO4/c1-6-15-16-14(10-13(7-8-22-16)9-12(2)20)11-19(15)17(21)23-18(3,4)5/h13-16H,6-11H2,1-5H3/t13-,14-,15+,16+/m0/s1. The van der Waals surface area contributed by atoms with E-state index in [4.69, 9.17) is 9.47 Å². The van der Waals surface area contributed by atoms with Crippen molar-refractivity contribution in [2.75, 3.05) is 13.2 Å². The van der Waals surface area contributed by atoms with Gasteiger partial charge in [-0.1, -0.05) is 6.92 Å². The van der Waals surface area contributed by atoms with Gasteiger partial charge in [0.25, 0.3) is 0 Å². The van der Waals surface area contributed by atoms with E-state index in [1.807, 2.05) is 25.7 Å². The van der Waals surface area contributed by atoms with Crippen LogP contribution < -0.4 is 0 Å². The third-order valence-electron chi connectivity index (χ3n) is 4.77. The van der Waals surface area contributed by atoms with Crippen molar-refractivity contribution < 1.29 is 19.1 Å². The fraction of sp³-hybridized carbons (Fsp3) is 0.889. The first kappa shape index (κ1) is 18.2. The third kappa shape index (κ3) is 4.69. The number of fused-ring (bicyclic) bond motifs is 1. The summed E-state index contributed by atoms with van der Waals surface area (Å²) in [5, 5.41) is 0. The van der Waals surface area contributed by atoms with Crippen LogP contribution >= 0.6 is 0 Å². The normalized spacial score (nSPS) is 31.4. The van der Waals surface area contributed by atoms with Crippen LogP contribution in [0.25, 0.3) is 0 Å². The van der Waals surface area contributed by atoms with E-state index < -0.39 is 5.60 Å².